The Kier molecular flexibility index (Phi) is 10.5. The fourth-order valence-electron chi connectivity index (χ4n) is 6.05. The maximum atomic E-state index is 13.9. The molecule has 1 aromatic rings. The fourth-order valence-corrected chi connectivity index (χ4v) is 17.5. The lowest BCUT2D eigenvalue weighted by molar-refractivity contribution is -0.0139. The smallest absolute Gasteiger partial charge is 0.411 e. The summed E-state index contributed by atoms with van der Waals surface area (Å²) in [5.41, 5.74) is -0.330. The number of rotatable bonds is 6. The lowest BCUT2D eigenvalue weighted by atomic mass is 10.1. The highest BCUT2D eigenvalue weighted by molar-refractivity contribution is 7.80. The lowest BCUT2D eigenvalue weighted by Crippen LogP contribution is -2.66. The molecule has 230 valence electrons. The summed E-state index contributed by atoms with van der Waals surface area (Å²) in [6.07, 6.45) is 2.90. The van der Waals surface area contributed by atoms with Gasteiger partial charge in [-0.25, -0.2) is 9.78 Å². The van der Waals surface area contributed by atoms with Gasteiger partial charge in [-0.1, -0.05) is 55.4 Å². The van der Waals surface area contributed by atoms with E-state index < -0.39 is 53.1 Å². The fraction of sp³-hybridized carbons (Fsp3) is 0.786. The third-order valence-electron chi connectivity index (χ3n) is 7.99. The van der Waals surface area contributed by atoms with E-state index in [4.69, 9.17) is 34.7 Å². The number of carbonyl (C=O) groups excluding carboxylic acids is 1. The average molecular weight is 625 g/mol. The third kappa shape index (κ3) is 6.73. The molecule has 10 nitrogen and oxygen atoms in total. The molecular weight excluding hydrogens is 577 g/mol. The molecule has 2 aliphatic rings. The molecule has 3 heterocycles. The summed E-state index contributed by atoms with van der Waals surface area (Å²) in [7, 11) is -5.93. The van der Waals surface area contributed by atoms with Gasteiger partial charge in [0.2, 0.25) is 0 Å². The van der Waals surface area contributed by atoms with Crippen molar-refractivity contribution in [2.45, 2.75) is 135 Å². The second-order valence-corrected chi connectivity index (χ2v) is 22.5. The minimum absolute atomic E-state index is 0.00249. The number of likely N-dealkylation sites (tertiary alicyclic amines) is 1. The van der Waals surface area contributed by atoms with Gasteiger partial charge in [-0.2, -0.15) is 5.26 Å². The van der Waals surface area contributed by atoms with Crippen LogP contribution >= 0.6 is 12.2 Å². The second-order valence-electron chi connectivity index (χ2n) is 13.3. The van der Waals surface area contributed by atoms with Crippen LogP contribution in [0.2, 0.25) is 22.2 Å². The third-order valence-corrected chi connectivity index (χ3v) is 18.5. The van der Waals surface area contributed by atoms with E-state index in [1.807, 2.05) is 20.8 Å². The van der Waals surface area contributed by atoms with E-state index in [0.29, 0.717) is 0 Å². The SMILES string of the molecule is CC(C)[Si]1(C(C)C)OC[C@@H]2[C@@H](O[Si](C(C)C)(C(C)C)O1)[C@@H](OC(=S)n1ccnc1)[C@H](CC#N)N2C(=O)OC(C)(C)C. The van der Waals surface area contributed by atoms with E-state index in [1.165, 1.54) is 0 Å². The number of nitriles is 1. The van der Waals surface area contributed by atoms with Crippen LogP contribution in [-0.4, -0.2) is 79.3 Å². The van der Waals surface area contributed by atoms with Crippen LogP contribution in [0.3, 0.4) is 0 Å². The van der Waals surface area contributed by atoms with Gasteiger partial charge >= 0.3 is 23.2 Å². The highest BCUT2D eigenvalue weighted by Gasteiger charge is 2.64. The Bertz CT molecular complexity index is 1090. The standard InChI is InChI=1S/C28H48N4O6SSi2/c1-18(2)40(19(3)4)34-16-23-25(37-41(38-40,20(5)6)21(7)8)24(35-27(39)31-15-14-30-17-31)22(12-13-29)32(23)26(33)36-28(9,10)11/h14-15,17-25H,12,16H2,1-11H3/t22-,23+,24-,25+/m0/s1. The molecule has 13 heteroatoms. The molecule has 2 saturated heterocycles. The summed E-state index contributed by atoms with van der Waals surface area (Å²) < 4.78 is 35.5. The van der Waals surface area contributed by atoms with Crippen LogP contribution in [0, 0.1) is 11.3 Å². The zero-order valence-corrected chi connectivity index (χ0v) is 29.2. The summed E-state index contributed by atoms with van der Waals surface area (Å²) in [6.45, 7) is 22.8. The van der Waals surface area contributed by atoms with Crippen LogP contribution in [0.15, 0.2) is 18.7 Å². The molecular formula is C28H48N4O6SSi2. The van der Waals surface area contributed by atoms with Gasteiger partial charge in [-0.3, -0.25) is 9.47 Å². The van der Waals surface area contributed by atoms with Crippen LogP contribution < -0.4 is 0 Å². The molecule has 2 aliphatic heterocycles. The first kappa shape index (κ1) is 33.7. The molecule has 0 unspecified atom stereocenters. The number of aromatic nitrogens is 2. The van der Waals surface area contributed by atoms with E-state index in [0.717, 1.165) is 0 Å². The Labute approximate surface area is 253 Å². The van der Waals surface area contributed by atoms with E-state index in [1.54, 1.807) is 28.2 Å². The number of fused-ring (bicyclic) bond motifs is 1. The zero-order valence-electron chi connectivity index (χ0n) is 26.4. The highest BCUT2D eigenvalue weighted by atomic mass is 32.1. The van der Waals surface area contributed by atoms with Gasteiger partial charge in [0.15, 0.2) is 0 Å². The van der Waals surface area contributed by atoms with Crippen molar-refractivity contribution in [3.63, 3.8) is 0 Å². The largest absolute Gasteiger partial charge is 0.462 e. The first-order chi connectivity index (χ1) is 19.0. The predicted octanol–water partition coefficient (Wildman–Crippen LogP) is 6.26. The maximum Gasteiger partial charge on any atom is 0.411 e. The van der Waals surface area contributed by atoms with Crippen molar-refractivity contribution in [2.75, 3.05) is 6.61 Å². The summed E-state index contributed by atoms with van der Waals surface area (Å²) in [6, 6.07) is 0.996. The summed E-state index contributed by atoms with van der Waals surface area (Å²) in [5.74, 6) is 0. The Hall–Kier alpha value is -1.83. The molecule has 41 heavy (non-hydrogen) atoms. The summed E-state index contributed by atoms with van der Waals surface area (Å²) in [5, 5.41) is 10.1. The molecule has 2 fully saturated rings. The quantitative estimate of drug-likeness (QED) is 0.268. The molecule has 1 amide bonds. The molecule has 0 spiro atoms. The van der Waals surface area contributed by atoms with Gasteiger partial charge in [0, 0.05) is 12.4 Å². The normalized spacial score (nSPS) is 26.0. The van der Waals surface area contributed by atoms with Gasteiger partial charge in [-0.15, -0.1) is 0 Å². The minimum atomic E-state index is -3.06. The van der Waals surface area contributed by atoms with Crippen LogP contribution in [0.5, 0.6) is 0 Å². The van der Waals surface area contributed by atoms with Gasteiger partial charge in [0.1, 0.15) is 24.1 Å². The van der Waals surface area contributed by atoms with Crippen LogP contribution in [0.4, 0.5) is 4.79 Å². The van der Waals surface area contributed by atoms with Crippen molar-refractivity contribution in [3.8, 4) is 6.07 Å². The average Bonchev–Trinajstić information content (AvgIpc) is 3.45. The molecule has 1 aromatic heterocycles. The van der Waals surface area contributed by atoms with Crippen molar-refractivity contribution in [3.05, 3.63) is 18.7 Å². The summed E-state index contributed by atoms with van der Waals surface area (Å²) >= 11 is 5.64. The number of hydrogen-bond acceptors (Lipinski definition) is 9. The number of hydrogen-bond donors (Lipinski definition) is 0. The van der Waals surface area contributed by atoms with Crippen molar-refractivity contribution in [1.29, 1.82) is 5.26 Å². The van der Waals surface area contributed by atoms with E-state index in [2.05, 4.69) is 66.4 Å². The van der Waals surface area contributed by atoms with Crippen LogP contribution in [0.1, 0.15) is 82.6 Å². The van der Waals surface area contributed by atoms with E-state index in [-0.39, 0.29) is 40.4 Å². The molecule has 0 aliphatic carbocycles. The number of imidazole rings is 1. The van der Waals surface area contributed by atoms with Gasteiger partial charge < -0.3 is 22.4 Å². The molecule has 0 bridgehead atoms. The summed E-state index contributed by atoms with van der Waals surface area (Å²) in [4.78, 5) is 19.6. The molecule has 0 saturated carbocycles. The number of thiocarbonyl (C=S) groups is 1. The first-order valence-corrected chi connectivity index (χ1v) is 18.9. The Morgan fingerprint density at radius 1 is 1.10 bits per heavy atom. The highest BCUT2D eigenvalue weighted by Crippen LogP contribution is 2.48. The Balaban J connectivity index is 2.23. The monoisotopic (exact) mass is 624 g/mol. The topological polar surface area (TPSA) is 108 Å². The number of carbonyl (C=O) groups is 1. The molecule has 0 N–H and O–H groups in total. The predicted molar refractivity (Wildman–Crippen MR) is 165 cm³/mol. The number of nitrogens with zero attached hydrogens (tertiary/aromatic N) is 4. The minimum Gasteiger partial charge on any atom is -0.462 e. The Morgan fingerprint density at radius 3 is 2.15 bits per heavy atom. The van der Waals surface area contributed by atoms with Gasteiger partial charge in [0.25, 0.3) is 5.17 Å². The molecule has 0 radical (unpaired) electrons. The van der Waals surface area contributed by atoms with Gasteiger partial charge in [0.05, 0.1) is 31.2 Å². The second kappa shape index (κ2) is 12.8. The van der Waals surface area contributed by atoms with Gasteiger partial charge in [-0.05, 0) is 55.2 Å². The zero-order chi connectivity index (χ0) is 30.9. The molecule has 3 rings (SSSR count). The van der Waals surface area contributed by atoms with Crippen LogP contribution in [-0.2, 0) is 22.4 Å². The van der Waals surface area contributed by atoms with Crippen molar-refractivity contribution in [1.82, 2.24) is 14.5 Å². The van der Waals surface area contributed by atoms with E-state index in [9.17, 15) is 10.1 Å². The van der Waals surface area contributed by atoms with Crippen molar-refractivity contribution < 1.29 is 27.2 Å². The molecule has 4 atom stereocenters. The molecule has 0 aromatic carbocycles. The number of ether oxygens (including phenoxy) is 2. The van der Waals surface area contributed by atoms with Crippen LogP contribution in [0.25, 0.3) is 0 Å². The van der Waals surface area contributed by atoms with E-state index >= 15 is 0 Å². The first-order valence-electron chi connectivity index (χ1n) is 14.6. The Morgan fingerprint density at radius 2 is 1.68 bits per heavy atom. The number of amides is 1. The lowest BCUT2D eigenvalue weighted by Gasteiger charge is -2.52. The van der Waals surface area contributed by atoms with Crippen molar-refractivity contribution in [2.24, 2.45) is 0 Å². The maximum absolute atomic E-state index is 13.9. The van der Waals surface area contributed by atoms with Crippen molar-refractivity contribution >= 4 is 40.6 Å².